The van der Waals surface area contributed by atoms with E-state index < -0.39 is 32.6 Å². The van der Waals surface area contributed by atoms with Gasteiger partial charge in [0.1, 0.15) is 0 Å². The highest BCUT2D eigenvalue weighted by molar-refractivity contribution is 7.92. The smallest absolute Gasteiger partial charge is 0.325 e. The lowest BCUT2D eigenvalue weighted by molar-refractivity contribution is -0.137. The van der Waals surface area contributed by atoms with Gasteiger partial charge in [0.05, 0.1) is 26.9 Å². The third kappa shape index (κ3) is 6.22. The van der Waals surface area contributed by atoms with Crippen LogP contribution in [0.3, 0.4) is 0 Å². The number of benzene rings is 3. The number of amides is 1. The van der Waals surface area contributed by atoms with E-state index in [9.17, 15) is 26.4 Å². The fourth-order valence-corrected chi connectivity index (χ4v) is 4.92. The summed E-state index contributed by atoms with van der Waals surface area (Å²) in [6, 6.07) is 14.3. The number of rotatable bonds is 7. The molecule has 1 N–H and O–H groups in total. The maximum Gasteiger partial charge on any atom is 0.416 e. The molecule has 0 fully saturated rings. The summed E-state index contributed by atoms with van der Waals surface area (Å²) in [7, 11) is -4.43. The number of halogens is 5. The van der Waals surface area contributed by atoms with Gasteiger partial charge in [-0.1, -0.05) is 47.0 Å². The van der Waals surface area contributed by atoms with Gasteiger partial charge in [0.15, 0.2) is 0 Å². The zero-order valence-electron chi connectivity index (χ0n) is 17.7. The molecule has 0 saturated heterocycles. The Bertz CT molecular complexity index is 1300. The van der Waals surface area contributed by atoms with Crippen LogP contribution in [0.4, 0.5) is 24.5 Å². The van der Waals surface area contributed by atoms with Crippen LogP contribution < -0.4 is 9.62 Å². The number of carbonyl (C=O) groups excluding carboxylic acids is 1. The third-order valence-corrected chi connectivity index (χ3v) is 7.20. The normalized spacial score (nSPS) is 11.8. The molecule has 11 heteroatoms. The molecule has 0 unspecified atom stereocenters. The lowest BCUT2D eigenvalue weighted by atomic mass is 10.2. The number of alkyl halides is 3. The van der Waals surface area contributed by atoms with Crippen LogP contribution >= 0.6 is 23.2 Å². The Labute approximate surface area is 205 Å². The number of anilines is 2. The lowest BCUT2D eigenvalue weighted by Crippen LogP contribution is -2.34. The monoisotopic (exact) mass is 530 g/mol. The molecule has 180 valence electrons. The van der Waals surface area contributed by atoms with Crippen molar-refractivity contribution in [2.45, 2.75) is 24.4 Å². The van der Waals surface area contributed by atoms with Crippen LogP contribution in [0.1, 0.15) is 17.5 Å². The van der Waals surface area contributed by atoms with Crippen molar-refractivity contribution in [3.05, 3.63) is 87.9 Å². The summed E-state index contributed by atoms with van der Waals surface area (Å²) in [5.41, 5.74) is 0.220. The third-order valence-electron chi connectivity index (χ3n) is 4.82. The molecule has 0 aliphatic carbocycles. The summed E-state index contributed by atoms with van der Waals surface area (Å²) in [6.45, 7) is 1.48. The molecule has 0 bridgehead atoms. The summed E-state index contributed by atoms with van der Waals surface area (Å²) in [5, 5.41) is 3.14. The van der Waals surface area contributed by atoms with E-state index in [1.807, 2.05) is 0 Å². The minimum atomic E-state index is -4.71. The second kappa shape index (κ2) is 10.2. The Kier molecular flexibility index (Phi) is 7.80. The van der Waals surface area contributed by atoms with Crippen molar-refractivity contribution >= 4 is 50.5 Å². The fraction of sp³-hybridized carbons (Fsp3) is 0.174. The van der Waals surface area contributed by atoms with E-state index in [1.54, 1.807) is 25.1 Å². The molecular formula is C23H19Cl2F3N2O3S. The number of carbonyl (C=O) groups is 1. The summed E-state index contributed by atoms with van der Waals surface area (Å²) >= 11 is 12.0. The van der Waals surface area contributed by atoms with Crippen molar-refractivity contribution in [2.24, 2.45) is 0 Å². The first-order valence-corrected chi connectivity index (χ1v) is 12.1. The van der Waals surface area contributed by atoms with E-state index in [0.29, 0.717) is 11.1 Å². The number of hydrogen-bond donors (Lipinski definition) is 1. The lowest BCUT2D eigenvalue weighted by Gasteiger charge is -2.25. The Morgan fingerprint density at radius 3 is 2.32 bits per heavy atom. The number of nitrogens with zero attached hydrogens (tertiary/aromatic N) is 1. The highest BCUT2D eigenvalue weighted by Gasteiger charge is 2.33. The van der Waals surface area contributed by atoms with Crippen LogP contribution in [0.25, 0.3) is 0 Å². The Morgan fingerprint density at radius 2 is 1.68 bits per heavy atom. The summed E-state index contributed by atoms with van der Waals surface area (Å²) in [6.07, 6.45) is -5.01. The first-order chi connectivity index (χ1) is 15.9. The molecule has 0 atom stereocenters. The van der Waals surface area contributed by atoms with Crippen LogP contribution in [0.15, 0.2) is 71.6 Å². The maximum atomic E-state index is 13.4. The first-order valence-electron chi connectivity index (χ1n) is 9.89. The molecule has 0 heterocycles. The van der Waals surface area contributed by atoms with Crippen LogP contribution in [0.5, 0.6) is 0 Å². The second-order valence-corrected chi connectivity index (χ2v) is 10.1. The van der Waals surface area contributed by atoms with Crippen molar-refractivity contribution in [1.82, 2.24) is 0 Å². The highest BCUT2D eigenvalue weighted by atomic mass is 35.5. The molecule has 1 amide bonds. The molecule has 0 aliphatic rings. The van der Waals surface area contributed by atoms with Gasteiger partial charge in [-0.05, 0) is 55.5 Å². The van der Waals surface area contributed by atoms with Gasteiger partial charge in [0, 0.05) is 18.0 Å². The minimum absolute atomic E-state index is 0.205. The van der Waals surface area contributed by atoms with Gasteiger partial charge >= 0.3 is 6.18 Å². The summed E-state index contributed by atoms with van der Waals surface area (Å²) < 4.78 is 67.1. The van der Waals surface area contributed by atoms with Gasteiger partial charge in [-0.2, -0.15) is 13.2 Å². The van der Waals surface area contributed by atoms with Crippen molar-refractivity contribution in [3.8, 4) is 0 Å². The number of sulfonamides is 1. The van der Waals surface area contributed by atoms with E-state index in [4.69, 9.17) is 23.2 Å². The van der Waals surface area contributed by atoms with E-state index in [1.165, 1.54) is 24.3 Å². The standard InChI is InChI=1S/C23H19Cl2F3N2O3S/c1-15-5-8-18(9-6-15)30(12-11-22(31)29-21-14-17(24)7-10-20(21)25)34(32,33)19-4-2-3-16(13-19)23(26,27)28/h2-10,13-14H,11-12H2,1H3,(H,29,31). The van der Waals surface area contributed by atoms with E-state index >= 15 is 0 Å². The molecule has 34 heavy (non-hydrogen) atoms. The molecule has 0 aliphatic heterocycles. The van der Waals surface area contributed by atoms with Crippen molar-refractivity contribution in [2.75, 3.05) is 16.2 Å². The predicted octanol–water partition coefficient (Wildman–Crippen LogP) is 6.54. The van der Waals surface area contributed by atoms with E-state index in [-0.39, 0.29) is 29.4 Å². The maximum absolute atomic E-state index is 13.4. The quantitative estimate of drug-likeness (QED) is 0.376. The van der Waals surface area contributed by atoms with Gasteiger partial charge in [0.2, 0.25) is 5.91 Å². The molecular weight excluding hydrogens is 512 g/mol. The molecule has 3 aromatic rings. The SMILES string of the molecule is Cc1ccc(N(CCC(=O)Nc2cc(Cl)ccc2Cl)S(=O)(=O)c2cccc(C(F)(F)F)c2)cc1. The zero-order valence-corrected chi connectivity index (χ0v) is 20.1. The van der Waals surface area contributed by atoms with E-state index in [2.05, 4.69) is 5.32 Å². The number of hydrogen-bond acceptors (Lipinski definition) is 3. The molecule has 3 aromatic carbocycles. The predicted molar refractivity (Wildman–Crippen MR) is 127 cm³/mol. The molecule has 3 rings (SSSR count). The second-order valence-electron chi connectivity index (χ2n) is 7.36. The van der Waals surface area contributed by atoms with Gasteiger partial charge in [-0.25, -0.2) is 8.42 Å². The topological polar surface area (TPSA) is 66.5 Å². The Balaban J connectivity index is 1.91. The van der Waals surface area contributed by atoms with Crippen molar-refractivity contribution < 1.29 is 26.4 Å². The first kappa shape index (κ1) is 25.9. The van der Waals surface area contributed by atoms with Gasteiger partial charge in [-0.15, -0.1) is 0 Å². The van der Waals surface area contributed by atoms with Crippen LogP contribution in [0, 0.1) is 6.92 Å². The Hall–Kier alpha value is -2.75. The van der Waals surface area contributed by atoms with Crippen LogP contribution in [-0.2, 0) is 21.0 Å². The highest BCUT2D eigenvalue weighted by Crippen LogP contribution is 2.32. The average Bonchev–Trinajstić information content (AvgIpc) is 2.77. The summed E-state index contributed by atoms with van der Waals surface area (Å²) in [4.78, 5) is 12.0. The van der Waals surface area contributed by atoms with Gasteiger partial charge in [-0.3, -0.25) is 9.10 Å². The van der Waals surface area contributed by atoms with E-state index in [0.717, 1.165) is 28.1 Å². The molecule has 0 aromatic heterocycles. The average molecular weight is 531 g/mol. The fourth-order valence-electron chi connectivity index (χ4n) is 3.07. The number of nitrogens with one attached hydrogen (secondary N) is 1. The molecule has 0 spiro atoms. The van der Waals surface area contributed by atoms with Gasteiger partial charge in [0.25, 0.3) is 10.0 Å². The zero-order chi connectivity index (χ0) is 25.1. The van der Waals surface area contributed by atoms with Crippen molar-refractivity contribution in [3.63, 3.8) is 0 Å². The molecule has 5 nitrogen and oxygen atoms in total. The Morgan fingerprint density at radius 1 is 1.00 bits per heavy atom. The minimum Gasteiger partial charge on any atom is -0.325 e. The number of aryl methyl sites for hydroxylation is 1. The molecule has 0 saturated carbocycles. The summed E-state index contributed by atoms with van der Waals surface area (Å²) in [5.74, 6) is -0.555. The van der Waals surface area contributed by atoms with Crippen LogP contribution in [0.2, 0.25) is 10.0 Å². The van der Waals surface area contributed by atoms with Crippen LogP contribution in [-0.4, -0.2) is 20.9 Å². The largest absolute Gasteiger partial charge is 0.416 e. The van der Waals surface area contributed by atoms with Crippen molar-refractivity contribution in [1.29, 1.82) is 0 Å². The molecule has 0 radical (unpaired) electrons. The van der Waals surface area contributed by atoms with Gasteiger partial charge < -0.3 is 5.32 Å².